The first-order valence-corrected chi connectivity index (χ1v) is 8.99. The van der Waals surface area contributed by atoms with Crippen LogP contribution in [0, 0.1) is 6.92 Å². The third kappa shape index (κ3) is 3.00. The zero-order valence-corrected chi connectivity index (χ0v) is 15.7. The molecule has 3 nitrogen and oxygen atoms in total. The molecule has 0 saturated heterocycles. The zero-order chi connectivity index (χ0) is 18.5. The maximum Gasteiger partial charge on any atom is 0.417 e. The number of methoxy groups -OCH3 is 1. The number of hydrogen-bond donors (Lipinski definition) is 2. The molecule has 0 radical (unpaired) electrons. The summed E-state index contributed by atoms with van der Waals surface area (Å²) in [5.41, 5.74) is -0.223. The van der Waals surface area contributed by atoms with Crippen molar-refractivity contribution < 1.29 is 23.0 Å². The van der Waals surface area contributed by atoms with Crippen molar-refractivity contribution in [3.05, 3.63) is 39.6 Å². The van der Waals surface area contributed by atoms with E-state index in [4.69, 9.17) is 4.74 Å². The molecule has 1 aliphatic carbocycles. The van der Waals surface area contributed by atoms with Crippen LogP contribution in [-0.2, 0) is 4.74 Å². The predicted molar refractivity (Wildman–Crippen MR) is 93.4 cm³/mol. The quantitative estimate of drug-likeness (QED) is 0.716. The lowest BCUT2D eigenvalue weighted by atomic mass is 9.72. The number of halogens is 4. The lowest BCUT2D eigenvalue weighted by molar-refractivity contribution is -0.282. The van der Waals surface area contributed by atoms with Gasteiger partial charge in [-0.05, 0) is 55.9 Å². The van der Waals surface area contributed by atoms with E-state index in [9.17, 15) is 18.3 Å². The second-order valence-electron chi connectivity index (χ2n) is 6.92. The first-order chi connectivity index (χ1) is 11.6. The van der Waals surface area contributed by atoms with Crippen molar-refractivity contribution in [2.24, 2.45) is 0 Å². The van der Waals surface area contributed by atoms with Crippen molar-refractivity contribution in [2.45, 2.75) is 49.9 Å². The Morgan fingerprint density at radius 2 is 1.84 bits per heavy atom. The number of benzene rings is 1. The molecular weight excluding hydrogens is 399 g/mol. The summed E-state index contributed by atoms with van der Waals surface area (Å²) in [6, 6.07) is 5.80. The van der Waals surface area contributed by atoms with Crippen molar-refractivity contribution >= 4 is 21.5 Å². The van der Waals surface area contributed by atoms with E-state index in [1.807, 2.05) is 25.1 Å². The minimum absolute atomic E-state index is 0.167. The molecule has 1 spiro atoms. The molecule has 1 heterocycles. The van der Waals surface area contributed by atoms with E-state index in [0.717, 1.165) is 28.3 Å². The van der Waals surface area contributed by atoms with Crippen LogP contribution in [0.3, 0.4) is 0 Å². The van der Waals surface area contributed by atoms with Crippen molar-refractivity contribution in [3.63, 3.8) is 0 Å². The number of aliphatic hydroxyl groups is 1. The van der Waals surface area contributed by atoms with Gasteiger partial charge in [-0.15, -0.1) is 0 Å². The molecule has 1 aromatic rings. The Labute approximate surface area is 153 Å². The maximum atomic E-state index is 13.4. The molecule has 0 bridgehead atoms. The Hall–Kier alpha value is -1.05. The number of hydrogen-bond acceptors (Lipinski definition) is 3. The normalized spacial score (nSPS) is 30.3. The van der Waals surface area contributed by atoms with Crippen molar-refractivity contribution in [2.75, 3.05) is 13.7 Å². The second-order valence-corrected chi connectivity index (χ2v) is 7.83. The van der Waals surface area contributed by atoms with Crippen LogP contribution in [0.1, 0.15) is 36.8 Å². The molecule has 0 amide bonds. The molecule has 1 aliphatic heterocycles. The number of ether oxygens (including phenoxy) is 1. The molecule has 0 atom stereocenters. The van der Waals surface area contributed by atoms with E-state index in [2.05, 4.69) is 21.2 Å². The fraction of sp³-hybridized carbons (Fsp3) is 0.556. The van der Waals surface area contributed by atoms with Crippen LogP contribution in [0.15, 0.2) is 28.4 Å². The Kier molecular flexibility index (Phi) is 4.71. The largest absolute Gasteiger partial charge is 0.510 e. The summed E-state index contributed by atoms with van der Waals surface area (Å²) >= 11 is 3.43. The fourth-order valence-corrected chi connectivity index (χ4v) is 4.31. The molecule has 7 heteroatoms. The summed E-state index contributed by atoms with van der Waals surface area (Å²) in [6.45, 7) is 2.39. The van der Waals surface area contributed by atoms with Crippen LogP contribution in [0.4, 0.5) is 13.2 Å². The third-order valence-corrected chi connectivity index (χ3v) is 6.18. The molecule has 3 rings (SSSR count). The molecule has 1 fully saturated rings. The third-order valence-electron chi connectivity index (χ3n) is 5.69. The van der Waals surface area contributed by atoms with E-state index >= 15 is 0 Å². The van der Waals surface area contributed by atoms with Gasteiger partial charge in [-0.1, -0.05) is 22.0 Å². The van der Waals surface area contributed by atoms with Gasteiger partial charge in [-0.3, -0.25) is 0 Å². The van der Waals surface area contributed by atoms with Crippen LogP contribution >= 0.6 is 15.9 Å². The van der Waals surface area contributed by atoms with Gasteiger partial charge in [0.05, 0.1) is 5.54 Å². The SMILES string of the molecule is COC1(C(F)(F)F)CCC2(CC1)NCC(c1cc(Br)ccc1C)=C2O. The zero-order valence-electron chi connectivity index (χ0n) is 14.1. The average Bonchev–Trinajstić information content (AvgIpc) is 2.87. The number of rotatable bonds is 2. The van der Waals surface area contributed by atoms with Crippen LogP contribution < -0.4 is 5.32 Å². The van der Waals surface area contributed by atoms with Gasteiger partial charge in [0, 0.05) is 23.7 Å². The lowest BCUT2D eigenvalue weighted by Crippen LogP contribution is -2.56. The molecule has 2 N–H and O–H groups in total. The Morgan fingerprint density at radius 3 is 2.40 bits per heavy atom. The summed E-state index contributed by atoms with van der Waals surface area (Å²) in [5, 5.41) is 14.1. The highest BCUT2D eigenvalue weighted by Crippen LogP contribution is 2.50. The predicted octanol–water partition coefficient (Wildman–Crippen LogP) is 4.89. The summed E-state index contributed by atoms with van der Waals surface area (Å²) < 4.78 is 45.9. The van der Waals surface area contributed by atoms with E-state index in [1.54, 1.807) is 0 Å². The van der Waals surface area contributed by atoms with Crippen LogP contribution in [0.5, 0.6) is 0 Å². The lowest BCUT2D eigenvalue weighted by Gasteiger charge is -2.44. The van der Waals surface area contributed by atoms with E-state index in [0.29, 0.717) is 6.54 Å². The highest BCUT2D eigenvalue weighted by Gasteiger charge is 2.60. The fourth-order valence-electron chi connectivity index (χ4n) is 3.95. The molecule has 1 saturated carbocycles. The van der Waals surface area contributed by atoms with Gasteiger partial charge in [0.25, 0.3) is 0 Å². The first kappa shape index (κ1) is 18.7. The molecule has 1 aromatic carbocycles. The highest BCUT2D eigenvalue weighted by molar-refractivity contribution is 9.10. The van der Waals surface area contributed by atoms with Gasteiger partial charge in [-0.2, -0.15) is 13.2 Å². The number of nitrogens with one attached hydrogen (secondary N) is 1. The molecular formula is C18H21BrF3NO2. The van der Waals surface area contributed by atoms with Gasteiger partial charge in [-0.25, -0.2) is 0 Å². The van der Waals surface area contributed by atoms with Gasteiger partial charge < -0.3 is 15.2 Å². The minimum Gasteiger partial charge on any atom is -0.510 e. The molecule has 0 aromatic heterocycles. The Morgan fingerprint density at radius 1 is 1.20 bits per heavy atom. The first-order valence-electron chi connectivity index (χ1n) is 8.20. The maximum absolute atomic E-state index is 13.4. The average molecular weight is 420 g/mol. The van der Waals surface area contributed by atoms with E-state index in [1.165, 1.54) is 0 Å². The van der Waals surface area contributed by atoms with Gasteiger partial charge in [0.1, 0.15) is 5.76 Å². The number of aliphatic hydroxyl groups excluding tert-OH is 1. The van der Waals surface area contributed by atoms with Crippen molar-refractivity contribution in [1.82, 2.24) is 5.32 Å². The highest BCUT2D eigenvalue weighted by atomic mass is 79.9. The van der Waals surface area contributed by atoms with Crippen LogP contribution in [0.2, 0.25) is 0 Å². The molecule has 2 aliphatic rings. The van der Waals surface area contributed by atoms with Crippen molar-refractivity contribution in [1.29, 1.82) is 0 Å². The van der Waals surface area contributed by atoms with Crippen LogP contribution in [0.25, 0.3) is 5.57 Å². The Balaban J connectivity index is 1.91. The van der Waals surface area contributed by atoms with Gasteiger partial charge in [0.2, 0.25) is 0 Å². The number of alkyl halides is 3. The second kappa shape index (κ2) is 6.28. The Bertz CT molecular complexity index is 707. The molecule has 0 unspecified atom stereocenters. The summed E-state index contributed by atoms with van der Waals surface area (Å²) in [6.07, 6.45) is -4.39. The van der Waals surface area contributed by atoms with Gasteiger partial charge in [0.15, 0.2) is 5.60 Å². The standard InChI is InChI=1S/C18H21BrF3NO2/c1-11-3-4-12(19)9-13(11)14-10-23-16(15(14)24)5-7-17(25-2,8-6-16)18(20,21)22/h3-4,9,23-24H,5-8,10H2,1-2H3. The smallest absolute Gasteiger partial charge is 0.417 e. The van der Waals surface area contributed by atoms with E-state index < -0.39 is 17.3 Å². The van der Waals surface area contributed by atoms with Crippen molar-refractivity contribution in [3.8, 4) is 0 Å². The minimum atomic E-state index is -4.41. The summed E-state index contributed by atoms with van der Waals surface area (Å²) in [4.78, 5) is 0. The van der Waals surface area contributed by atoms with Gasteiger partial charge >= 0.3 is 6.18 Å². The molecule has 25 heavy (non-hydrogen) atoms. The topological polar surface area (TPSA) is 41.5 Å². The molecule has 138 valence electrons. The number of aryl methyl sites for hydroxylation is 1. The van der Waals surface area contributed by atoms with Crippen LogP contribution in [-0.4, -0.2) is 36.1 Å². The van der Waals surface area contributed by atoms with E-state index in [-0.39, 0.29) is 31.4 Å². The summed E-state index contributed by atoms with van der Waals surface area (Å²) in [5.74, 6) is 0.167. The monoisotopic (exact) mass is 419 g/mol. The summed E-state index contributed by atoms with van der Waals surface area (Å²) in [7, 11) is 1.11.